The largest absolute Gasteiger partial charge is 0.368 e. The fourth-order valence-corrected chi connectivity index (χ4v) is 3.91. The molecule has 0 bridgehead atoms. The van der Waals surface area contributed by atoms with Gasteiger partial charge in [0, 0.05) is 19.3 Å². The van der Waals surface area contributed by atoms with E-state index in [0.717, 1.165) is 0 Å². The first-order valence-corrected chi connectivity index (χ1v) is 8.14. The number of rotatable bonds is 4. The lowest BCUT2D eigenvalue weighted by Crippen LogP contribution is -2.40. The molecule has 1 aromatic heterocycles. The highest BCUT2D eigenvalue weighted by Crippen LogP contribution is 2.17. The smallest absolute Gasteiger partial charge is 0.321 e. The Kier molecular flexibility index (Phi) is 4.16. The second-order valence-electron chi connectivity index (χ2n) is 4.99. The van der Waals surface area contributed by atoms with Crippen molar-refractivity contribution < 1.29 is 18.0 Å². The lowest BCUT2D eigenvalue weighted by molar-refractivity contribution is -0.118. The van der Waals surface area contributed by atoms with Gasteiger partial charge in [-0.05, 0) is 6.42 Å². The highest BCUT2D eigenvalue weighted by Gasteiger charge is 2.32. The number of primary amides is 1. The average Bonchev–Trinajstić information content (AvgIpc) is 2.94. The van der Waals surface area contributed by atoms with Crippen molar-refractivity contribution in [2.45, 2.75) is 19.0 Å². The second kappa shape index (κ2) is 5.72. The summed E-state index contributed by atoms with van der Waals surface area (Å²) in [5.74, 6) is -0.451. The molecule has 1 aromatic rings. The molecule has 1 atom stereocenters. The van der Waals surface area contributed by atoms with Gasteiger partial charge in [0.05, 0.1) is 23.4 Å². The van der Waals surface area contributed by atoms with E-state index in [1.165, 1.54) is 22.0 Å². The van der Waals surface area contributed by atoms with Crippen molar-refractivity contribution in [3.05, 3.63) is 12.4 Å². The van der Waals surface area contributed by atoms with Gasteiger partial charge in [-0.1, -0.05) is 0 Å². The minimum absolute atomic E-state index is 0.0160. The number of urea groups is 1. The number of aromatic nitrogens is 2. The molecule has 0 aromatic carbocycles. The molecule has 1 aliphatic heterocycles. The number of nitrogens with one attached hydrogen (secondary N) is 1. The summed E-state index contributed by atoms with van der Waals surface area (Å²) in [7, 11) is -1.50. The topological polar surface area (TPSA) is 127 Å². The molecule has 21 heavy (non-hydrogen) atoms. The van der Waals surface area contributed by atoms with Gasteiger partial charge in [0.1, 0.15) is 6.54 Å². The van der Waals surface area contributed by atoms with Gasteiger partial charge in [0.15, 0.2) is 9.84 Å². The van der Waals surface area contributed by atoms with E-state index in [2.05, 4.69) is 10.4 Å². The molecule has 0 saturated carbocycles. The number of hydrogen-bond acceptors (Lipinski definition) is 5. The maximum atomic E-state index is 12.0. The van der Waals surface area contributed by atoms with E-state index < -0.39 is 21.8 Å². The molecule has 0 spiro atoms. The van der Waals surface area contributed by atoms with Crippen LogP contribution in [0.3, 0.4) is 0 Å². The summed E-state index contributed by atoms with van der Waals surface area (Å²) in [4.78, 5) is 24.2. The van der Waals surface area contributed by atoms with Crippen molar-refractivity contribution in [2.24, 2.45) is 5.73 Å². The number of amides is 3. The summed E-state index contributed by atoms with van der Waals surface area (Å²) < 4.78 is 24.1. The average molecular weight is 315 g/mol. The maximum Gasteiger partial charge on any atom is 0.321 e. The monoisotopic (exact) mass is 315 g/mol. The quantitative estimate of drug-likeness (QED) is 0.738. The van der Waals surface area contributed by atoms with Crippen molar-refractivity contribution in [2.75, 3.05) is 23.9 Å². The molecule has 3 amide bonds. The second-order valence-corrected chi connectivity index (χ2v) is 7.22. The van der Waals surface area contributed by atoms with E-state index in [0.29, 0.717) is 12.1 Å². The van der Waals surface area contributed by atoms with Crippen LogP contribution in [0.5, 0.6) is 0 Å². The SMILES string of the molecule is CN(C(=O)Nc1cnn(CC(N)=O)c1)C1CCS(=O)(=O)C1. The van der Waals surface area contributed by atoms with Crippen LogP contribution in [0.2, 0.25) is 0 Å². The number of sulfone groups is 1. The Morgan fingerprint density at radius 3 is 2.86 bits per heavy atom. The molecule has 2 rings (SSSR count). The molecular weight excluding hydrogens is 298 g/mol. The standard InChI is InChI=1S/C11H17N5O4S/c1-15(9-2-3-21(19,20)7-9)11(18)14-8-4-13-16(5-8)6-10(12)17/h4-5,9H,2-3,6-7H2,1H3,(H2,12,17)(H,14,18). The van der Waals surface area contributed by atoms with Gasteiger partial charge in [-0.15, -0.1) is 0 Å². The summed E-state index contributed by atoms with van der Waals surface area (Å²) >= 11 is 0. The number of carbonyl (C=O) groups excluding carboxylic acids is 2. The minimum Gasteiger partial charge on any atom is -0.368 e. The Balaban J connectivity index is 1.95. The van der Waals surface area contributed by atoms with Gasteiger partial charge in [-0.2, -0.15) is 5.10 Å². The molecule has 1 saturated heterocycles. The van der Waals surface area contributed by atoms with E-state index in [-0.39, 0.29) is 24.1 Å². The molecule has 116 valence electrons. The first kappa shape index (κ1) is 15.3. The Morgan fingerprint density at radius 2 is 2.29 bits per heavy atom. The molecule has 0 aliphatic carbocycles. The lowest BCUT2D eigenvalue weighted by Gasteiger charge is -2.23. The third kappa shape index (κ3) is 3.94. The zero-order chi connectivity index (χ0) is 15.6. The summed E-state index contributed by atoms with van der Waals surface area (Å²) in [6.45, 7) is -0.0768. The van der Waals surface area contributed by atoms with Gasteiger partial charge in [-0.3, -0.25) is 9.48 Å². The van der Waals surface area contributed by atoms with E-state index in [1.807, 2.05) is 0 Å². The first-order valence-electron chi connectivity index (χ1n) is 6.32. The van der Waals surface area contributed by atoms with Crippen LogP contribution >= 0.6 is 0 Å². The number of carbonyl (C=O) groups is 2. The summed E-state index contributed by atoms with van der Waals surface area (Å²) in [5.41, 5.74) is 5.45. The molecule has 10 heteroatoms. The van der Waals surface area contributed by atoms with Crippen LogP contribution in [-0.4, -0.2) is 59.6 Å². The van der Waals surface area contributed by atoms with Gasteiger partial charge >= 0.3 is 6.03 Å². The van der Waals surface area contributed by atoms with Crippen molar-refractivity contribution in [3.63, 3.8) is 0 Å². The van der Waals surface area contributed by atoms with Crippen molar-refractivity contribution >= 4 is 27.5 Å². The van der Waals surface area contributed by atoms with Crippen LogP contribution < -0.4 is 11.1 Å². The van der Waals surface area contributed by atoms with E-state index >= 15 is 0 Å². The van der Waals surface area contributed by atoms with Crippen LogP contribution in [0.4, 0.5) is 10.5 Å². The zero-order valence-electron chi connectivity index (χ0n) is 11.5. The Bertz CT molecular complexity index is 653. The lowest BCUT2D eigenvalue weighted by atomic mass is 10.2. The zero-order valence-corrected chi connectivity index (χ0v) is 12.3. The van der Waals surface area contributed by atoms with E-state index in [9.17, 15) is 18.0 Å². The molecule has 1 fully saturated rings. The van der Waals surface area contributed by atoms with E-state index in [1.54, 1.807) is 7.05 Å². The van der Waals surface area contributed by atoms with Gasteiger partial charge in [0.25, 0.3) is 0 Å². The molecule has 1 aliphatic rings. The number of nitrogens with two attached hydrogens (primary N) is 1. The van der Waals surface area contributed by atoms with Gasteiger partial charge in [-0.25, -0.2) is 13.2 Å². The first-order chi connectivity index (χ1) is 9.77. The van der Waals surface area contributed by atoms with Crippen LogP contribution in [0, 0.1) is 0 Å². The fraction of sp³-hybridized carbons (Fsp3) is 0.545. The molecule has 9 nitrogen and oxygen atoms in total. The third-order valence-corrected chi connectivity index (χ3v) is 5.03. The fourth-order valence-electron chi connectivity index (χ4n) is 2.13. The minimum atomic E-state index is -3.05. The van der Waals surface area contributed by atoms with Gasteiger partial charge in [0.2, 0.25) is 5.91 Å². The number of hydrogen-bond donors (Lipinski definition) is 2. The van der Waals surface area contributed by atoms with Crippen LogP contribution in [0.1, 0.15) is 6.42 Å². The summed E-state index contributed by atoms with van der Waals surface area (Å²) in [5, 5.41) is 6.47. The van der Waals surface area contributed by atoms with Crippen molar-refractivity contribution in [3.8, 4) is 0 Å². The molecule has 0 radical (unpaired) electrons. The maximum absolute atomic E-state index is 12.0. The summed E-state index contributed by atoms with van der Waals surface area (Å²) in [6.07, 6.45) is 3.30. The Morgan fingerprint density at radius 1 is 1.57 bits per heavy atom. The predicted octanol–water partition coefficient (Wildman–Crippen LogP) is -0.981. The molecule has 1 unspecified atom stereocenters. The van der Waals surface area contributed by atoms with Crippen LogP contribution in [-0.2, 0) is 21.2 Å². The van der Waals surface area contributed by atoms with Crippen LogP contribution in [0.15, 0.2) is 12.4 Å². The molecular formula is C11H17N5O4S. The van der Waals surface area contributed by atoms with Crippen molar-refractivity contribution in [1.82, 2.24) is 14.7 Å². The molecule has 2 heterocycles. The van der Waals surface area contributed by atoms with E-state index in [4.69, 9.17) is 5.73 Å². The third-order valence-electron chi connectivity index (χ3n) is 3.28. The van der Waals surface area contributed by atoms with Gasteiger partial charge < -0.3 is 16.0 Å². The highest BCUT2D eigenvalue weighted by atomic mass is 32.2. The van der Waals surface area contributed by atoms with Crippen LogP contribution in [0.25, 0.3) is 0 Å². The predicted molar refractivity (Wildman–Crippen MR) is 75.3 cm³/mol. The molecule has 3 N–H and O–H groups in total. The number of nitrogens with zero attached hydrogens (tertiary/aromatic N) is 3. The Hall–Kier alpha value is -2.10. The number of anilines is 1. The van der Waals surface area contributed by atoms with Crippen molar-refractivity contribution in [1.29, 1.82) is 0 Å². The highest BCUT2D eigenvalue weighted by molar-refractivity contribution is 7.91. The Labute approximate surface area is 122 Å². The normalized spacial score (nSPS) is 20.1. The summed E-state index contributed by atoms with van der Waals surface area (Å²) in [6, 6.07) is -0.744.